The molecule has 1 aliphatic rings. The summed E-state index contributed by atoms with van der Waals surface area (Å²) >= 11 is 0. The van der Waals surface area contributed by atoms with Gasteiger partial charge in [-0.2, -0.15) is 0 Å². The summed E-state index contributed by atoms with van der Waals surface area (Å²) in [4.78, 5) is 11.2. The molecule has 1 saturated heterocycles. The molecule has 1 fully saturated rings. The lowest BCUT2D eigenvalue weighted by atomic mass is 9.87. The van der Waals surface area contributed by atoms with Crippen LogP contribution >= 0.6 is 0 Å². The lowest BCUT2D eigenvalue weighted by Gasteiger charge is -2.35. The maximum Gasteiger partial charge on any atom is 0.191 e. The summed E-state index contributed by atoms with van der Waals surface area (Å²) in [6.45, 7) is 13.0. The minimum Gasteiger partial charge on any atom is -0.371 e. The minimum atomic E-state index is 0.205. The summed E-state index contributed by atoms with van der Waals surface area (Å²) in [6, 6.07) is 9.59. The van der Waals surface area contributed by atoms with E-state index in [2.05, 4.69) is 88.2 Å². The van der Waals surface area contributed by atoms with Crippen LogP contribution in [0.4, 0.5) is 5.69 Å². The van der Waals surface area contributed by atoms with E-state index in [4.69, 9.17) is 0 Å². The Kier molecular flexibility index (Phi) is 7.99. The van der Waals surface area contributed by atoms with Crippen LogP contribution in [0.15, 0.2) is 41.7 Å². The number of unbranched alkanes of at least 4 members (excludes halogenated alkanes) is 1. The number of aryl methyl sites for hydroxylation is 2. The first-order chi connectivity index (χ1) is 14.9. The van der Waals surface area contributed by atoms with E-state index in [-0.39, 0.29) is 5.41 Å². The highest BCUT2D eigenvalue weighted by Gasteiger charge is 2.21. The fraction of sp³-hybridized carbons (Fsp3) is 0.600. The van der Waals surface area contributed by atoms with Gasteiger partial charge in [0.25, 0.3) is 0 Å². The molecule has 0 bridgehead atoms. The molecule has 2 heterocycles. The third kappa shape index (κ3) is 6.74. The molecule has 0 amide bonds. The van der Waals surface area contributed by atoms with Gasteiger partial charge in [-0.05, 0) is 55.7 Å². The number of guanidine groups is 1. The average molecular weight is 425 g/mol. The number of imidazole rings is 1. The first-order valence-electron chi connectivity index (χ1n) is 11.7. The number of rotatable bonds is 7. The van der Waals surface area contributed by atoms with E-state index >= 15 is 0 Å². The fourth-order valence-electron chi connectivity index (χ4n) is 4.10. The zero-order valence-corrected chi connectivity index (χ0v) is 20.0. The van der Waals surface area contributed by atoms with Crippen LogP contribution in [-0.2, 0) is 12.0 Å². The molecule has 6 heteroatoms. The van der Waals surface area contributed by atoms with Crippen molar-refractivity contribution in [3.8, 4) is 0 Å². The molecular weight excluding hydrogens is 384 g/mol. The van der Waals surface area contributed by atoms with Gasteiger partial charge in [-0.3, -0.25) is 4.99 Å². The van der Waals surface area contributed by atoms with Gasteiger partial charge in [-0.1, -0.05) is 32.9 Å². The number of anilines is 1. The Morgan fingerprint density at radius 1 is 1.13 bits per heavy atom. The van der Waals surface area contributed by atoms with Crippen LogP contribution in [-0.4, -0.2) is 48.2 Å². The summed E-state index contributed by atoms with van der Waals surface area (Å²) in [5, 5.41) is 7.09. The molecule has 1 aliphatic heterocycles. The van der Waals surface area contributed by atoms with Crippen molar-refractivity contribution in [1.29, 1.82) is 0 Å². The molecule has 0 saturated carbocycles. The SMILES string of the molecule is CN=C(NCCCCn1ccnc1C)NC1CCN(c2ccc(C(C)(C)C)cc2)CC1. The lowest BCUT2D eigenvalue weighted by molar-refractivity contribution is 0.460. The van der Waals surface area contributed by atoms with E-state index < -0.39 is 0 Å². The molecule has 0 spiro atoms. The van der Waals surface area contributed by atoms with Gasteiger partial charge in [0.05, 0.1) is 0 Å². The number of nitrogens with one attached hydrogen (secondary N) is 2. The van der Waals surface area contributed by atoms with Gasteiger partial charge in [0, 0.05) is 57.3 Å². The van der Waals surface area contributed by atoms with Crippen molar-refractivity contribution in [2.45, 2.75) is 71.4 Å². The van der Waals surface area contributed by atoms with Crippen LogP contribution in [0.3, 0.4) is 0 Å². The Bertz CT molecular complexity index is 822. The maximum absolute atomic E-state index is 4.42. The van der Waals surface area contributed by atoms with Crippen molar-refractivity contribution in [2.75, 3.05) is 31.6 Å². The summed E-state index contributed by atoms with van der Waals surface area (Å²) in [6.07, 6.45) is 8.41. The van der Waals surface area contributed by atoms with Crippen molar-refractivity contribution < 1.29 is 0 Å². The smallest absolute Gasteiger partial charge is 0.191 e. The topological polar surface area (TPSA) is 57.5 Å². The zero-order valence-electron chi connectivity index (χ0n) is 20.0. The number of aliphatic imine (C=N–C) groups is 1. The van der Waals surface area contributed by atoms with Crippen LogP contribution in [0.1, 0.15) is 57.8 Å². The average Bonchev–Trinajstić information content (AvgIpc) is 3.17. The van der Waals surface area contributed by atoms with E-state index in [1.807, 2.05) is 13.2 Å². The van der Waals surface area contributed by atoms with E-state index in [0.29, 0.717) is 6.04 Å². The van der Waals surface area contributed by atoms with Crippen LogP contribution in [0.25, 0.3) is 0 Å². The molecule has 0 unspecified atom stereocenters. The Hall–Kier alpha value is -2.50. The Labute approximate surface area is 188 Å². The van der Waals surface area contributed by atoms with Crippen LogP contribution < -0.4 is 15.5 Å². The highest BCUT2D eigenvalue weighted by molar-refractivity contribution is 5.79. The zero-order chi connectivity index (χ0) is 22.3. The summed E-state index contributed by atoms with van der Waals surface area (Å²) in [5.41, 5.74) is 2.93. The second-order valence-electron chi connectivity index (χ2n) is 9.58. The van der Waals surface area contributed by atoms with Gasteiger partial charge < -0.3 is 20.1 Å². The highest BCUT2D eigenvalue weighted by Crippen LogP contribution is 2.26. The van der Waals surface area contributed by atoms with Gasteiger partial charge in [0.1, 0.15) is 5.82 Å². The minimum absolute atomic E-state index is 0.205. The molecule has 6 nitrogen and oxygen atoms in total. The molecule has 0 aliphatic carbocycles. The molecule has 1 aromatic carbocycles. The van der Waals surface area contributed by atoms with Gasteiger partial charge in [0.2, 0.25) is 0 Å². The third-order valence-electron chi connectivity index (χ3n) is 6.20. The maximum atomic E-state index is 4.42. The molecule has 0 atom stereocenters. The van der Waals surface area contributed by atoms with Crippen LogP contribution in [0.2, 0.25) is 0 Å². The van der Waals surface area contributed by atoms with Crippen molar-refractivity contribution in [2.24, 2.45) is 4.99 Å². The van der Waals surface area contributed by atoms with E-state index in [1.54, 1.807) is 0 Å². The summed E-state index contributed by atoms with van der Waals surface area (Å²) < 4.78 is 2.21. The molecule has 3 rings (SSSR count). The predicted octanol–water partition coefficient (Wildman–Crippen LogP) is 4.10. The van der Waals surface area contributed by atoms with E-state index in [1.165, 1.54) is 11.3 Å². The summed E-state index contributed by atoms with van der Waals surface area (Å²) in [7, 11) is 1.86. The van der Waals surface area contributed by atoms with E-state index in [9.17, 15) is 0 Å². The monoisotopic (exact) mass is 424 g/mol. The second-order valence-corrected chi connectivity index (χ2v) is 9.58. The van der Waals surface area contributed by atoms with Crippen LogP contribution in [0.5, 0.6) is 0 Å². The number of hydrogen-bond acceptors (Lipinski definition) is 3. The number of nitrogens with zero attached hydrogens (tertiary/aromatic N) is 4. The number of benzene rings is 1. The second kappa shape index (κ2) is 10.7. The predicted molar refractivity (Wildman–Crippen MR) is 131 cm³/mol. The largest absolute Gasteiger partial charge is 0.371 e. The Morgan fingerprint density at radius 3 is 2.42 bits per heavy atom. The Morgan fingerprint density at radius 2 is 1.84 bits per heavy atom. The van der Waals surface area contributed by atoms with Gasteiger partial charge in [0.15, 0.2) is 5.96 Å². The molecule has 1 aromatic heterocycles. The standard InChI is InChI=1S/C25H40N6/c1-20-27-15-19-30(20)16-7-6-14-28-24(26-5)29-22-12-17-31(18-13-22)23-10-8-21(9-11-23)25(2,3)4/h8-11,15,19,22H,6-7,12-14,16-18H2,1-5H3,(H2,26,28,29). The molecule has 0 radical (unpaired) electrons. The molecule has 2 N–H and O–H groups in total. The van der Waals surface area contributed by atoms with Gasteiger partial charge in [-0.25, -0.2) is 4.98 Å². The van der Waals surface area contributed by atoms with E-state index in [0.717, 1.165) is 63.6 Å². The molecule has 170 valence electrons. The Balaban J connectivity index is 1.36. The van der Waals surface area contributed by atoms with Crippen molar-refractivity contribution in [1.82, 2.24) is 20.2 Å². The number of hydrogen-bond donors (Lipinski definition) is 2. The summed E-state index contributed by atoms with van der Waals surface area (Å²) in [5.74, 6) is 2.01. The van der Waals surface area contributed by atoms with Crippen LogP contribution in [0, 0.1) is 6.92 Å². The van der Waals surface area contributed by atoms with Gasteiger partial charge in [-0.15, -0.1) is 0 Å². The molecule has 31 heavy (non-hydrogen) atoms. The van der Waals surface area contributed by atoms with Crippen molar-refractivity contribution in [3.63, 3.8) is 0 Å². The van der Waals surface area contributed by atoms with Gasteiger partial charge >= 0.3 is 0 Å². The van der Waals surface area contributed by atoms with Crippen molar-refractivity contribution in [3.05, 3.63) is 48.0 Å². The van der Waals surface area contributed by atoms with Crippen molar-refractivity contribution >= 4 is 11.6 Å². The lowest BCUT2D eigenvalue weighted by Crippen LogP contribution is -2.48. The molecular formula is C25H40N6. The highest BCUT2D eigenvalue weighted by atomic mass is 15.2. The molecule has 2 aromatic rings. The quantitative estimate of drug-likeness (QED) is 0.399. The first-order valence-corrected chi connectivity index (χ1v) is 11.7. The first kappa shape index (κ1) is 23.2. The normalized spacial score (nSPS) is 15.9. The number of aromatic nitrogens is 2. The third-order valence-corrected chi connectivity index (χ3v) is 6.20. The number of piperidine rings is 1. The fourth-order valence-corrected chi connectivity index (χ4v) is 4.10.